The molecule has 1 aromatic heterocycles. The number of carbonyl (C=O) groups excluding carboxylic acids is 1. The second kappa shape index (κ2) is 10.0. The molecule has 0 atom stereocenters. The van der Waals surface area contributed by atoms with Crippen LogP contribution in [0.3, 0.4) is 0 Å². The lowest BCUT2D eigenvalue weighted by Crippen LogP contribution is -2.08. The van der Waals surface area contributed by atoms with Gasteiger partial charge in [0.2, 0.25) is 5.88 Å². The minimum absolute atomic E-state index is 0.0992. The molecule has 4 nitrogen and oxygen atoms in total. The van der Waals surface area contributed by atoms with Gasteiger partial charge in [-0.25, -0.2) is 9.37 Å². The second-order valence-corrected chi connectivity index (χ2v) is 7.31. The maximum Gasteiger partial charge on any atom is 0.230 e. The van der Waals surface area contributed by atoms with Gasteiger partial charge in [-0.05, 0) is 37.0 Å². The quantitative estimate of drug-likeness (QED) is 0.660. The van der Waals surface area contributed by atoms with Gasteiger partial charge in [0.05, 0.1) is 11.8 Å². The van der Waals surface area contributed by atoms with Gasteiger partial charge in [0.25, 0.3) is 0 Å². The Hall–Kier alpha value is -2.43. The monoisotopic (exact) mass is 372 g/mol. The Balaban J connectivity index is 0.000000273. The third-order valence-electron chi connectivity index (χ3n) is 4.84. The highest BCUT2D eigenvalue weighted by Crippen LogP contribution is 2.27. The van der Waals surface area contributed by atoms with E-state index >= 15 is 0 Å². The highest BCUT2D eigenvalue weighted by Gasteiger charge is 2.13. The Morgan fingerprint density at radius 1 is 1.15 bits per heavy atom. The van der Waals surface area contributed by atoms with Crippen LogP contribution in [-0.4, -0.2) is 17.8 Å². The number of nitrogens with one attached hydrogen (secondary N) is 1. The molecule has 1 aliphatic rings. The van der Waals surface area contributed by atoms with Crippen molar-refractivity contribution >= 4 is 11.5 Å². The number of hydrogen-bond acceptors (Lipinski definition) is 4. The van der Waals surface area contributed by atoms with Crippen molar-refractivity contribution < 1.29 is 13.9 Å². The van der Waals surface area contributed by atoms with Gasteiger partial charge in [0.15, 0.2) is 5.78 Å². The number of aromatic nitrogens is 1. The fourth-order valence-corrected chi connectivity index (χ4v) is 3.01. The maximum absolute atomic E-state index is 13.1. The SMILES string of the molecule is CC1CCC(C)CC1.CNc1cccc(Oc2ncc(F)cc2C(C)=O)c1. The van der Waals surface area contributed by atoms with Crippen LogP contribution >= 0.6 is 0 Å². The van der Waals surface area contributed by atoms with Crippen LogP contribution in [0.15, 0.2) is 36.5 Å². The summed E-state index contributed by atoms with van der Waals surface area (Å²) in [5.74, 6) is 1.79. The molecule has 1 saturated carbocycles. The van der Waals surface area contributed by atoms with Crippen LogP contribution in [0.25, 0.3) is 0 Å². The number of carbonyl (C=O) groups is 1. The number of Topliss-reactive ketones (excluding diaryl/α,β-unsaturated/α-hetero) is 1. The van der Waals surface area contributed by atoms with Crippen molar-refractivity contribution in [3.8, 4) is 11.6 Å². The molecule has 0 saturated heterocycles. The summed E-state index contributed by atoms with van der Waals surface area (Å²) >= 11 is 0. The van der Waals surface area contributed by atoms with E-state index in [0.29, 0.717) is 5.75 Å². The van der Waals surface area contributed by atoms with Crippen LogP contribution in [0.4, 0.5) is 10.1 Å². The summed E-state index contributed by atoms with van der Waals surface area (Å²) in [6.45, 7) is 6.07. The van der Waals surface area contributed by atoms with Gasteiger partial charge in [0, 0.05) is 18.8 Å². The Labute approximate surface area is 161 Å². The predicted molar refractivity (Wildman–Crippen MR) is 107 cm³/mol. The smallest absolute Gasteiger partial charge is 0.230 e. The zero-order valence-electron chi connectivity index (χ0n) is 16.6. The van der Waals surface area contributed by atoms with E-state index in [9.17, 15) is 9.18 Å². The van der Waals surface area contributed by atoms with Crippen LogP contribution in [0.1, 0.15) is 56.8 Å². The largest absolute Gasteiger partial charge is 0.438 e. The number of pyridine rings is 1. The first kappa shape index (κ1) is 20.9. The fourth-order valence-electron chi connectivity index (χ4n) is 3.01. The molecule has 1 aromatic carbocycles. The van der Waals surface area contributed by atoms with Gasteiger partial charge < -0.3 is 10.1 Å². The third-order valence-corrected chi connectivity index (χ3v) is 4.84. The van der Waals surface area contributed by atoms with E-state index in [1.165, 1.54) is 32.6 Å². The zero-order valence-corrected chi connectivity index (χ0v) is 16.6. The Morgan fingerprint density at radius 2 is 1.78 bits per heavy atom. The number of hydrogen-bond donors (Lipinski definition) is 1. The lowest BCUT2D eigenvalue weighted by atomic mass is 9.84. The van der Waals surface area contributed by atoms with Gasteiger partial charge in [-0.1, -0.05) is 45.6 Å². The Bertz CT molecular complexity index is 746. The molecule has 0 unspecified atom stereocenters. The van der Waals surface area contributed by atoms with Crippen LogP contribution in [0.2, 0.25) is 0 Å². The number of rotatable bonds is 4. The number of anilines is 1. The standard InChI is InChI=1S/C14H13FN2O2.C8H16/c1-9(18)13-6-10(15)8-17-14(13)19-12-5-3-4-11(7-12)16-2;1-7-3-5-8(2)6-4-7/h3-8,16H,1-2H3;7-8H,3-6H2,1-2H3. The second-order valence-electron chi connectivity index (χ2n) is 7.31. The summed E-state index contributed by atoms with van der Waals surface area (Å²) in [6, 6.07) is 8.28. The molecular formula is C22H29FN2O2. The molecule has 1 aliphatic carbocycles. The number of halogens is 1. The van der Waals surface area contributed by atoms with Crippen LogP contribution < -0.4 is 10.1 Å². The summed E-state index contributed by atoms with van der Waals surface area (Å²) in [4.78, 5) is 15.2. The summed E-state index contributed by atoms with van der Waals surface area (Å²) in [7, 11) is 1.79. The number of ketones is 1. The van der Waals surface area contributed by atoms with Crippen molar-refractivity contribution in [3.63, 3.8) is 0 Å². The minimum Gasteiger partial charge on any atom is -0.438 e. The molecule has 1 N–H and O–H groups in total. The number of nitrogens with zero attached hydrogens (tertiary/aromatic N) is 1. The van der Waals surface area contributed by atoms with E-state index in [2.05, 4.69) is 24.1 Å². The molecular weight excluding hydrogens is 343 g/mol. The van der Waals surface area contributed by atoms with E-state index in [0.717, 1.165) is 29.8 Å². The van der Waals surface area contributed by atoms with Crippen molar-refractivity contribution in [1.29, 1.82) is 0 Å². The van der Waals surface area contributed by atoms with E-state index < -0.39 is 5.82 Å². The average Bonchev–Trinajstić information content (AvgIpc) is 2.66. The summed E-state index contributed by atoms with van der Waals surface area (Å²) in [5.41, 5.74) is 0.985. The molecule has 0 amide bonds. The van der Waals surface area contributed by atoms with Crippen molar-refractivity contribution in [2.24, 2.45) is 11.8 Å². The Morgan fingerprint density at radius 3 is 2.33 bits per heavy atom. The third kappa shape index (κ3) is 6.66. The topological polar surface area (TPSA) is 51.2 Å². The van der Waals surface area contributed by atoms with Crippen LogP contribution in [0.5, 0.6) is 11.6 Å². The van der Waals surface area contributed by atoms with Gasteiger partial charge in [0.1, 0.15) is 11.6 Å². The number of ether oxygens (including phenoxy) is 1. The summed E-state index contributed by atoms with van der Waals surface area (Å²) in [6.07, 6.45) is 6.91. The maximum atomic E-state index is 13.1. The Kier molecular flexibility index (Phi) is 7.77. The normalized spacial score (nSPS) is 18.9. The van der Waals surface area contributed by atoms with Crippen molar-refractivity contribution in [3.05, 3.63) is 47.9 Å². The predicted octanol–water partition coefficient (Wildman–Crippen LogP) is 6.09. The number of benzene rings is 1. The molecule has 2 aromatic rings. The molecule has 146 valence electrons. The van der Waals surface area contributed by atoms with Gasteiger partial charge in [-0.2, -0.15) is 0 Å². The van der Waals surface area contributed by atoms with E-state index in [4.69, 9.17) is 4.74 Å². The lowest BCUT2D eigenvalue weighted by molar-refractivity contribution is 0.101. The highest BCUT2D eigenvalue weighted by molar-refractivity contribution is 5.96. The molecule has 5 heteroatoms. The molecule has 0 spiro atoms. The molecule has 0 radical (unpaired) electrons. The van der Waals surface area contributed by atoms with Gasteiger partial charge >= 0.3 is 0 Å². The summed E-state index contributed by atoms with van der Waals surface area (Å²) < 4.78 is 18.6. The lowest BCUT2D eigenvalue weighted by Gasteiger charge is -2.22. The zero-order chi connectivity index (χ0) is 19.8. The average molecular weight is 372 g/mol. The molecule has 0 aliphatic heterocycles. The first-order chi connectivity index (χ1) is 12.9. The molecule has 1 heterocycles. The van der Waals surface area contributed by atoms with E-state index in [-0.39, 0.29) is 17.2 Å². The van der Waals surface area contributed by atoms with Gasteiger partial charge in [-0.3, -0.25) is 4.79 Å². The fraction of sp³-hybridized carbons (Fsp3) is 0.455. The van der Waals surface area contributed by atoms with Gasteiger partial charge in [-0.15, -0.1) is 0 Å². The highest BCUT2D eigenvalue weighted by atomic mass is 19.1. The summed E-state index contributed by atoms with van der Waals surface area (Å²) in [5, 5.41) is 2.97. The van der Waals surface area contributed by atoms with Crippen LogP contribution in [-0.2, 0) is 0 Å². The molecule has 0 bridgehead atoms. The van der Waals surface area contributed by atoms with Crippen LogP contribution in [0, 0.1) is 17.7 Å². The van der Waals surface area contributed by atoms with Crippen molar-refractivity contribution in [2.45, 2.75) is 46.5 Å². The molecule has 1 fully saturated rings. The van der Waals surface area contributed by atoms with E-state index in [1.807, 2.05) is 6.07 Å². The first-order valence-electron chi connectivity index (χ1n) is 9.51. The molecule has 27 heavy (non-hydrogen) atoms. The van der Waals surface area contributed by atoms with Crippen molar-refractivity contribution in [2.75, 3.05) is 12.4 Å². The minimum atomic E-state index is -0.568. The first-order valence-corrected chi connectivity index (χ1v) is 9.51. The van der Waals surface area contributed by atoms with Crippen molar-refractivity contribution in [1.82, 2.24) is 4.98 Å². The van der Waals surface area contributed by atoms with E-state index in [1.54, 1.807) is 25.2 Å². The molecule has 3 rings (SSSR count).